The summed E-state index contributed by atoms with van der Waals surface area (Å²) < 4.78 is 46.8. The third-order valence-corrected chi connectivity index (χ3v) is 2.25. The Hall–Kier alpha value is -2.18. The molecule has 0 atom stereocenters. The number of amides is 1. The van der Waals surface area contributed by atoms with Gasteiger partial charge in [0.1, 0.15) is 17.2 Å². The number of nitrogens with one attached hydrogen (secondary N) is 1. The van der Waals surface area contributed by atoms with Gasteiger partial charge < -0.3 is 14.8 Å². The number of hydrogen-bond acceptors (Lipinski definition) is 3. The molecule has 7 heteroatoms. The van der Waals surface area contributed by atoms with E-state index in [1.54, 1.807) is 20.8 Å². The molecule has 1 aromatic rings. The summed E-state index contributed by atoms with van der Waals surface area (Å²) in [6.07, 6.45) is 2.35. The van der Waals surface area contributed by atoms with Crippen LogP contribution < -0.4 is 10.1 Å². The van der Waals surface area contributed by atoms with Crippen molar-refractivity contribution >= 4 is 12.2 Å². The van der Waals surface area contributed by atoms with E-state index < -0.39 is 24.1 Å². The molecule has 0 fully saturated rings. The number of alkyl carbamates (subject to hydrolysis) is 1. The Morgan fingerprint density at radius 3 is 2.64 bits per heavy atom. The number of rotatable bonds is 5. The van der Waals surface area contributed by atoms with Crippen LogP contribution in [0.3, 0.4) is 0 Å². The quantitative estimate of drug-likeness (QED) is 0.894. The van der Waals surface area contributed by atoms with Gasteiger partial charge in [-0.1, -0.05) is 12.2 Å². The molecule has 0 radical (unpaired) electrons. The fourth-order valence-corrected chi connectivity index (χ4v) is 1.49. The molecule has 0 bridgehead atoms. The molecule has 0 aliphatic rings. The van der Waals surface area contributed by atoms with Crippen molar-refractivity contribution in [2.45, 2.75) is 33.0 Å². The zero-order chi connectivity index (χ0) is 16.8. The second-order valence-corrected chi connectivity index (χ2v) is 5.35. The number of carbonyl (C=O) groups excluding carboxylic acids is 1. The lowest BCUT2D eigenvalue weighted by Gasteiger charge is -2.19. The van der Waals surface area contributed by atoms with Gasteiger partial charge in [0.15, 0.2) is 0 Å². The largest absolute Gasteiger partial charge is 0.444 e. The SMILES string of the molecule is CC(C)(C)OC(=O)NCC=Cc1ccc(F)cc1OC(F)F. The summed E-state index contributed by atoms with van der Waals surface area (Å²) in [6.45, 7) is 2.27. The Balaban J connectivity index is 2.61. The van der Waals surface area contributed by atoms with E-state index in [-0.39, 0.29) is 17.9 Å². The zero-order valence-electron chi connectivity index (χ0n) is 12.5. The first-order chi connectivity index (χ1) is 10.2. The van der Waals surface area contributed by atoms with Crippen molar-refractivity contribution in [3.63, 3.8) is 0 Å². The summed E-state index contributed by atoms with van der Waals surface area (Å²) in [4.78, 5) is 11.4. The van der Waals surface area contributed by atoms with Gasteiger partial charge in [-0.2, -0.15) is 8.78 Å². The van der Waals surface area contributed by atoms with Crippen LogP contribution in [0.15, 0.2) is 24.3 Å². The lowest BCUT2D eigenvalue weighted by Crippen LogP contribution is -2.32. The van der Waals surface area contributed by atoms with Crippen LogP contribution in [0, 0.1) is 5.82 Å². The van der Waals surface area contributed by atoms with E-state index in [1.807, 2.05) is 0 Å². The van der Waals surface area contributed by atoms with E-state index in [0.717, 1.165) is 12.1 Å². The predicted octanol–water partition coefficient (Wildman–Crippen LogP) is 3.97. The molecule has 22 heavy (non-hydrogen) atoms. The highest BCUT2D eigenvalue weighted by molar-refractivity contribution is 5.68. The van der Waals surface area contributed by atoms with Crippen molar-refractivity contribution in [3.8, 4) is 5.75 Å². The Morgan fingerprint density at radius 1 is 1.36 bits per heavy atom. The highest BCUT2D eigenvalue weighted by Gasteiger charge is 2.15. The van der Waals surface area contributed by atoms with Gasteiger partial charge in [0.05, 0.1) is 0 Å². The highest BCUT2D eigenvalue weighted by atomic mass is 19.3. The first-order valence-corrected chi connectivity index (χ1v) is 6.55. The molecule has 0 aromatic heterocycles. The Morgan fingerprint density at radius 2 is 2.05 bits per heavy atom. The first kappa shape index (κ1) is 17.9. The molecule has 1 aromatic carbocycles. The minimum Gasteiger partial charge on any atom is -0.444 e. The molecule has 4 nitrogen and oxygen atoms in total. The number of ether oxygens (including phenoxy) is 2. The molecule has 0 aliphatic carbocycles. The monoisotopic (exact) mass is 317 g/mol. The summed E-state index contributed by atoms with van der Waals surface area (Å²) in [6, 6.07) is 3.30. The summed E-state index contributed by atoms with van der Waals surface area (Å²) in [5, 5.41) is 2.47. The number of benzene rings is 1. The van der Waals surface area contributed by atoms with E-state index in [1.165, 1.54) is 18.2 Å². The Bertz CT molecular complexity index is 539. The van der Waals surface area contributed by atoms with Crippen LogP contribution in [0.1, 0.15) is 26.3 Å². The molecule has 1 rings (SSSR count). The van der Waals surface area contributed by atoms with Crippen LogP contribution in [0.2, 0.25) is 0 Å². The van der Waals surface area contributed by atoms with Gasteiger partial charge >= 0.3 is 12.7 Å². The molecule has 1 amide bonds. The van der Waals surface area contributed by atoms with Crippen molar-refractivity contribution in [1.82, 2.24) is 5.32 Å². The van der Waals surface area contributed by atoms with E-state index in [0.29, 0.717) is 0 Å². The molecule has 0 unspecified atom stereocenters. The lowest BCUT2D eigenvalue weighted by atomic mass is 10.2. The van der Waals surface area contributed by atoms with E-state index >= 15 is 0 Å². The molecule has 1 N–H and O–H groups in total. The van der Waals surface area contributed by atoms with Crippen molar-refractivity contribution in [3.05, 3.63) is 35.7 Å². The summed E-state index contributed by atoms with van der Waals surface area (Å²) in [5.74, 6) is -0.955. The van der Waals surface area contributed by atoms with Crippen molar-refractivity contribution in [1.29, 1.82) is 0 Å². The number of carbonyl (C=O) groups is 1. The lowest BCUT2D eigenvalue weighted by molar-refractivity contribution is -0.0501. The smallest absolute Gasteiger partial charge is 0.407 e. The van der Waals surface area contributed by atoms with Crippen LogP contribution >= 0.6 is 0 Å². The number of hydrogen-bond donors (Lipinski definition) is 1. The number of halogens is 3. The molecule has 0 aliphatic heterocycles. The normalized spacial score (nSPS) is 11.8. The van der Waals surface area contributed by atoms with Crippen LogP contribution in [0.4, 0.5) is 18.0 Å². The van der Waals surface area contributed by atoms with Gasteiger partial charge in [-0.05, 0) is 32.9 Å². The average Bonchev–Trinajstić information content (AvgIpc) is 2.33. The fraction of sp³-hybridized carbons (Fsp3) is 0.400. The van der Waals surface area contributed by atoms with Crippen LogP contribution in [0.5, 0.6) is 5.75 Å². The average molecular weight is 317 g/mol. The van der Waals surface area contributed by atoms with E-state index in [2.05, 4.69) is 10.1 Å². The highest BCUT2D eigenvalue weighted by Crippen LogP contribution is 2.23. The second kappa shape index (κ2) is 7.72. The number of alkyl halides is 2. The molecule has 0 saturated carbocycles. The minimum absolute atomic E-state index is 0.125. The standard InChI is InChI=1S/C15H18F3NO3/c1-15(2,3)22-14(20)19-8-4-5-10-6-7-11(16)9-12(10)21-13(17)18/h4-7,9,13H,8H2,1-3H3,(H,19,20). The predicted molar refractivity (Wildman–Crippen MR) is 76.3 cm³/mol. The van der Waals surface area contributed by atoms with Crippen molar-refractivity contribution in [2.24, 2.45) is 0 Å². The topological polar surface area (TPSA) is 47.6 Å². The second-order valence-electron chi connectivity index (χ2n) is 5.35. The van der Waals surface area contributed by atoms with Crippen LogP contribution in [-0.2, 0) is 4.74 Å². The molecular formula is C15H18F3NO3. The third-order valence-electron chi connectivity index (χ3n) is 2.25. The molecule has 0 spiro atoms. The zero-order valence-corrected chi connectivity index (χ0v) is 12.5. The van der Waals surface area contributed by atoms with Crippen molar-refractivity contribution in [2.75, 3.05) is 6.54 Å². The van der Waals surface area contributed by atoms with Gasteiger partial charge in [0.2, 0.25) is 0 Å². The third kappa shape index (κ3) is 7.01. The maximum absolute atomic E-state index is 13.0. The van der Waals surface area contributed by atoms with Gasteiger partial charge in [-0.15, -0.1) is 0 Å². The van der Waals surface area contributed by atoms with E-state index in [4.69, 9.17) is 4.74 Å². The summed E-state index contributed by atoms with van der Waals surface area (Å²) in [5.41, 5.74) is -0.337. The molecule has 0 heterocycles. The Labute approximate surface area is 126 Å². The van der Waals surface area contributed by atoms with Gasteiger partial charge in [0, 0.05) is 18.2 Å². The summed E-state index contributed by atoms with van der Waals surface area (Å²) >= 11 is 0. The maximum Gasteiger partial charge on any atom is 0.407 e. The van der Waals surface area contributed by atoms with Gasteiger partial charge in [0.25, 0.3) is 0 Å². The molecule has 0 saturated heterocycles. The maximum atomic E-state index is 13.0. The summed E-state index contributed by atoms with van der Waals surface area (Å²) in [7, 11) is 0. The van der Waals surface area contributed by atoms with Gasteiger partial charge in [-0.25, -0.2) is 9.18 Å². The molecular weight excluding hydrogens is 299 g/mol. The molecule has 122 valence electrons. The first-order valence-electron chi connectivity index (χ1n) is 6.55. The van der Waals surface area contributed by atoms with Crippen LogP contribution in [-0.4, -0.2) is 24.9 Å². The van der Waals surface area contributed by atoms with Crippen molar-refractivity contribution < 1.29 is 27.4 Å². The van der Waals surface area contributed by atoms with E-state index in [9.17, 15) is 18.0 Å². The van der Waals surface area contributed by atoms with Crippen LogP contribution in [0.25, 0.3) is 6.08 Å². The minimum atomic E-state index is -3.05. The fourth-order valence-electron chi connectivity index (χ4n) is 1.49. The van der Waals surface area contributed by atoms with Gasteiger partial charge in [-0.3, -0.25) is 0 Å². The Kier molecular flexibility index (Phi) is 6.27.